The van der Waals surface area contributed by atoms with Gasteiger partial charge in [0, 0.05) is 33.4 Å². The maximum absolute atomic E-state index is 13.7. The number of carbonyl (C=O) groups is 2. The highest BCUT2D eigenvalue weighted by atomic mass is 16.5. The number of hydrogen-bond acceptors (Lipinski definition) is 4. The lowest BCUT2D eigenvalue weighted by molar-refractivity contribution is -0.132. The van der Waals surface area contributed by atoms with Crippen molar-refractivity contribution < 1.29 is 19.4 Å². The van der Waals surface area contributed by atoms with Crippen LogP contribution in [0.3, 0.4) is 0 Å². The summed E-state index contributed by atoms with van der Waals surface area (Å²) in [5, 5.41) is 12.6. The number of para-hydroxylation sites is 1. The number of aromatic nitrogens is 1. The van der Waals surface area contributed by atoms with E-state index in [1.807, 2.05) is 75.4 Å². The minimum Gasteiger partial charge on any atom is -0.507 e. The number of rotatable bonds is 5. The third-order valence-corrected chi connectivity index (χ3v) is 7.28. The number of ether oxygens (including phenoxy) is 1. The summed E-state index contributed by atoms with van der Waals surface area (Å²) in [5.74, 6) is -0.874. The van der Waals surface area contributed by atoms with Gasteiger partial charge in [-0.1, -0.05) is 37.3 Å². The van der Waals surface area contributed by atoms with Crippen molar-refractivity contribution in [3.8, 4) is 5.75 Å². The predicted molar refractivity (Wildman–Crippen MR) is 146 cm³/mol. The molecule has 2 heterocycles. The van der Waals surface area contributed by atoms with Crippen molar-refractivity contribution in [2.75, 3.05) is 12.0 Å². The van der Waals surface area contributed by atoms with Gasteiger partial charge in [0.1, 0.15) is 11.5 Å². The maximum Gasteiger partial charge on any atom is 0.300 e. The van der Waals surface area contributed by atoms with Crippen LogP contribution in [0, 0.1) is 20.8 Å². The Labute approximate surface area is 216 Å². The van der Waals surface area contributed by atoms with Gasteiger partial charge >= 0.3 is 0 Å². The maximum atomic E-state index is 13.7. The van der Waals surface area contributed by atoms with E-state index in [-0.39, 0.29) is 11.3 Å². The van der Waals surface area contributed by atoms with Gasteiger partial charge in [-0.2, -0.15) is 0 Å². The molecule has 0 radical (unpaired) electrons. The van der Waals surface area contributed by atoms with Gasteiger partial charge < -0.3 is 14.8 Å². The first-order chi connectivity index (χ1) is 17.8. The number of anilines is 1. The van der Waals surface area contributed by atoms with Crippen molar-refractivity contribution in [2.24, 2.45) is 0 Å². The number of Topliss-reactive ketones (excluding diaryl/α,β-unsaturated/α-hetero) is 1. The molecule has 1 aliphatic heterocycles. The summed E-state index contributed by atoms with van der Waals surface area (Å²) in [6.07, 6.45) is 0.861. The average molecular weight is 495 g/mol. The minimum atomic E-state index is -0.801. The molecule has 1 amide bonds. The molecule has 4 aromatic rings. The van der Waals surface area contributed by atoms with Gasteiger partial charge in [-0.3, -0.25) is 14.5 Å². The first-order valence-corrected chi connectivity index (χ1v) is 12.4. The van der Waals surface area contributed by atoms with Crippen LogP contribution in [-0.2, 0) is 16.0 Å². The van der Waals surface area contributed by atoms with Gasteiger partial charge in [0.2, 0.25) is 0 Å². The quantitative estimate of drug-likeness (QED) is 0.194. The number of aliphatic hydroxyl groups is 1. The fraction of sp³-hybridized carbons (Fsp3) is 0.226. The Morgan fingerprint density at radius 2 is 1.70 bits per heavy atom. The lowest BCUT2D eigenvalue weighted by Crippen LogP contribution is -2.29. The number of hydrogen-bond donors (Lipinski definition) is 2. The van der Waals surface area contributed by atoms with Crippen LogP contribution in [0.5, 0.6) is 5.75 Å². The zero-order chi connectivity index (χ0) is 26.4. The number of nitrogens with zero attached hydrogens (tertiary/aromatic N) is 1. The number of nitrogens with one attached hydrogen (secondary N) is 1. The molecule has 0 aliphatic carbocycles. The monoisotopic (exact) mass is 494 g/mol. The summed E-state index contributed by atoms with van der Waals surface area (Å²) in [5.41, 5.74) is 6.39. The number of carbonyl (C=O) groups excluding carboxylic acids is 2. The molecule has 1 atom stereocenters. The summed E-state index contributed by atoms with van der Waals surface area (Å²) in [7, 11) is 1.59. The number of benzene rings is 3. The number of ketones is 1. The smallest absolute Gasteiger partial charge is 0.300 e. The first-order valence-electron chi connectivity index (χ1n) is 12.4. The van der Waals surface area contributed by atoms with E-state index < -0.39 is 17.7 Å². The largest absolute Gasteiger partial charge is 0.507 e. The topological polar surface area (TPSA) is 82.6 Å². The van der Waals surface area contributed by atoms with Crippen molar-refractivity contribution in [3.63, 3.8) is 0 Å². The normalized spacial score (nSPS) is 17.1. The van der Waals surface area contributed by atoms with Crippen LogP contribution in [-0.4, -0.2) is 28.9 Å². The van der Waals surface area contributed by atoms with Crippen LogP contribution in [0.25, 0.3) is 16.7 Å². The standard InChI is InChI=1S/C31H30N2O4/c1-6-20-11-13-21(14-12-20)33-28(26-19(4)32-24-10-8-7-9-22(24)26)27(30(35)31(33)36)29(34)23-15-18(3)25(37-5)16-17(23)2/h7-16,28,32,34H,6H2,1-5H3/b29-27+. The molecule has 1 unspecified atom stereocenters. The van der Waals surface area contributed by atoms with E-state index in [4.69, 9.17) is 4.74 Å². The molecule has 0 spiro atoms. The second-order valence-electron chi connectivity index (χ2n) is 9.54. The third kappa shape index (κ3) is 3.89. The summed E-state index contributed by atoms with van der Waals surface area (Å²) in [4.78, 5) is 32.2. The number of fused-ring (bicyclic) bond motifs is 1. The number of H-pyrrole nitrogens is 1. The van der Waals surface area contributed by atoms with Gasteiger partial charge in [0.05, 0.1) is 18.7 Å². The van der Waals surface area contributed by atoms with Crippen LogP contribution in [0.4, 0.5) is 5.69 Å². The highest BCUT2D eigenvalue weighted by Crippen LogP contribution is 2.46. The highest BCUT2D eigenvalue weighted by molar-refractivity contribution is 6.52. The van der Waals surface area contributed by atoms with Crippen molar-refractivity contribution >= 4 is 34.0 Å². The second kappa shape index (κ2) is 9.28. The molecule has 6 nitrogen and oxygen atoms in total. The molecule has 2 N–H and O–H groups in total. The van der Waals surface area contributed by atoms with Gasteiger partial charge in [0.15, 0.2) is 0 Å². The van der Waals surface area contributed by atoms with Gasteiger partial charge in [-0.15, -0.1) is 0 Å². The van der Waals surface area contributed by atoms with Crippen LogP contribution >= 0.6 is 0 Å². The molecule has 1 aliphatic rings. The average Bonchev–Trinajstić information content (AvgIpc) is 3.36. The summed E-state index contributed by atoms with van der Waals surface area (Å²) in [6, 6.07) is 18.3. The van der Waals surface area contributed by atoms with Crippen molar-refractivity contribution in [3.05, 3.63) is 99.7 Å². The van der Waals surface area contributed by atoms with E-state index in [2.05, 4.69) is 11.9 Å². The zero-order valence-corrected chi connectivity index (χ0v) is 21.7. The Morgan fingerprint density at radius 1 is 1.00 bits per heavy atom. The Bertz CT molecular complexity index is 1580. The van der Waals surface area contributed by atoms with Gasteiger partial charge in [0.25, 0.3) is 11.7 Å². The van der Waals surface area contributed by atoms with Crippen LogP contribution in [0.2, 0.25) is 0 Å². The molecule has 1 fully saturated rings. The predicted octanol–water partition coefficient (Wildman–Crippen LogP) is 6.29. The lowest BCUT2D eigenvalue weighted by Gasteiger charge is -2.26. The molecule has 37 heavy (non-hydrogen) atoms. The molecule has 5 rings (SSSR count). The number of amides is 1. The summed E-state index contributed by atoms with van der Waals surface area (Å²) < 4.78 is 5.43. The van der Waals surface area contributed by atoms with Crippen molar-refractivity contribution in [2.45, 2.75) is 40.2 Å². The minimum absolute atomic E-state index is 0.0742. The van der Waals surface area contributed by atoms with Crippen molar-refractivity contribution in [1.29, 1.82) is 0 Å². The Balaban J connectivity index is 1.81. The summed E-state index contributed by atoms with van der Waals surface area (Å²) in [6.45, 7) is 7.72. The van der Waals surface area contributed by atoms with Gasteiger partial charge in [-0.05, 0) is 74.2 Å². The SMILES string of the molecule is CCc1ccc(N2C(=O)C(=O)/C(=C(/O)c3cc(C)c(OC)cc3C)C2c2c(C)[nH]c3ccccc23)cc1. The Hall–Kier alpha value is -4.32. The van der Waals surface area contributed by atoms with E-state index in [1.165, 1.54) is 4.90 Å². The number of aryl methyl sites for hydroxylation is 4. The van der Waals surface area contributed by atoms with Crippen LogP contribution in [0.1, 0.15) is 46.5 Å². The molecule has 1 saturated heterocycles. The molecule has 0 saturated carbocycles. The molecule has 3 aromatic carbocycles. The van der Waals surface area contributed by atoms with Gasteiger partial charge in [-0.25, -0.2) is 0 Å². The fourth-order valence-corrected chi connectivity index (χ4v) is 5.32. The van der Waals surface area contributed by atoms with E-state index >= 15 is 0 Å². The number of aromatic amines is 1. The molecule has 188 valence electrons. The first kappa shape index (κ1) is 24.4. The van der Waals surface area contributed by atoms with E-state index in [1.54, 1.807) is 13.2 Å². The Kier molecular flexibility index (Phi) is 6.12. The van der Waals surface area contributed by atoms with Crippen molar-refractivity contribution in [1.82, 2.24) is 4.98 Å². The van der Waals surface area contributed by atoms with Crippen LogP contribution < -0.4 is 9.64 Å². The molecule has 6 heteroatoms. The lowest BCUT2D eigenvalue weighted by atomic mass is 9.91. The van der Waals surface area contributed by atoms with E-state index in [9.17, 15) is 14.7 Å². The number of methoxy groups -OCH3 is 1. The third-order valence-electron chi connectivity index (χ3n) is 7.28. The van der Waals surface area contributed by atoms with Crippen LogP contribution in [0.15, 0.2) is 66.2 Å². The number of aliphatic hydroxyl groups excluding tert-OH is 1. The fourth-order valence-electron chi connectivity index (χ4n) is 5.32. The molecule has 1 aromatic heterocycles. The highest BCUT2D eigenvalue weighted by Gasteiger charge is 2.48. The molecular weight excluding hydrogens is 464 g/mol. The molecular formula is C31H30N2O4. The summed E-state index contributed by atoms with van der Waals surface area (Å²) >= 11 is 0. The van der Waals surface area contributed by atoms with E-state index in [0.29, 0.717) is 17.0 Å². The zero-order valence-electron chi connectivity index (χ0n) is 21.7. The second-order valence-corrected chi connectivity index (χ2v) is 9.54. The van der Waals surface area contributed by atoms with E-state index in [0.717, 1.165) is 45.3 Å². The Morgan fingerprint density at radius 3 is 2.38 bits per heavy atom. The molecule has 0 bridgehead atoms.